The molecule has 0 aliphatic carbocycles. The average molecular weight is 361 g/mol. The number of benzene rings is 2. The third-order valence-corrected chi connectivity index (χ3v) is 5.03. The highest BCUT2D eigenvalue weighted by molar-refractivity contribution is 6.31. The van der Waals surface area contributed by atoms with E-state index in [-0.39, 0.29) is 11.7 Å². The molecule has 3 rings (SSSR count). The van der Waals surface area contributed by atoms with Crippen LogP contribution in [0.3, 0.4) is 0 Å². The number of amides is 1. The van der Waals surface area contributed by atoms with Crippen molar-refractivity contribution in [1.29, 1.82) is 0 Å². The molecule has 1 atom stereocenters. The molecule has 1 aliphatic heterocycles. The first-order chi connectivity index (χ1) is 12.1. The Morgan fingerprint density at radius 3 is 2.72 bits per heavy atom. The monoisotopic (exact) mass is 360 g/mol. The van der Waals surface area contributed by atoms with Crippen molar-refractivity contribution in [3.63, 3.8) is 0 Å². The van der Waals surface area contributed by atoms with Gasteiger partial charge in [0.1, 0.15) is 5.82 Å². The minimum absolute atomic E-state index is 0.00427. The first-order valence-electron chi connectivity index (χ1n) is 8.60. The van der Waals surface area contributed by atoms with Gasteiger partial charge in [0.05, 0.1) is 6.54 Å². The van der Waals surface area contributed by atoms with Gasteiger partial charge in [0, 0.05) is 17.6 Å². The molecule has 2 aromatic rings. The maximum atomic E-state index is 12.9. The maximum Gasteiger partial charge on any atom is 0.234 e. The fourth-order valence-corrected chi connectivity index (χ4v) is 3.51. The summed E-state index contributed by atoms with van der Waals surface area (Å²) in [7, 11) is 0. The molecule has 1 heterocycles. The van der Waals surface area contributed by atoms with Crippen LogP contribution < -0.4 is 5.32 Å². The topological polar surface area (TPSA) is 32.3 Å². The van der Waals surface area contributed by atoms with Gasteiger partial charge in [-0.2, -0.15) is 0 Å². The molecule has 1 unspecified atom stereocenters. The summed E-state index contributed by atoms with van der Waals surface area (Å²) in [4.78, 5) is 14.5. The minimum atomic E-state index is -0.269. The van der Waals surface area contributed by atoms with Crippen molar-refractivity contribution in [2.45, 2.75) is 31.8 Å². The SMILES string of the molecule is O=C(CN1CCCC1Cc1ccccc1Cl)NCc1ccc(F)cc1. The van der Waals surface area contributed by atoms with Crippen molar-refractivity contribution < 1.29 is 9.18 Å². The Morgan fingerprint density at radius 2 is 1.96 bits per heavy atom. The van der Waals surface area contributed by atoms with Crippen molar-refractivity contribution in [3.05, 3.63) is 70.5 Å². The van der Waals surface area contributed by atoms with Gasteiger partial charge in [0.25, 0.3) is 0 Å². The van der Waals surface area contributed by atoms with Gasteiger partial charge in [-0.25, -0.2) is 4.39 Å². The lowest BCUT2D eigenvalue weighted by Gasteiger charge is -2.24. The van der Waals surface area contributed by atoms with E-state index < -0.39 is 0 Å². The summed E-state index contributed by atoms with van der Waals surface area (Å²) < 4.78 is 12.9. The number of carbonyl (C=O) groups excluding carboxylic acids is 1. The third kappa shape index (κ3) is 5.03. The summed E-state index contributed by atoms with van der Waals surface area (Å²) in [6.45, 7) is 1.73. The van der Waals surface area contributed by atoms with E-state index in [0.717, 1.165) is 42.0 Å². The highest BCUT2D eigenvalue weighted by atomic mass is 35.5. The molecule has 5 heteroatoms. The van der Waals surface area contributed by atoms with E-state index >= 15 is 0 Å². The van der Waals surface area contributed by atoms with Crippen molar-refractivity contribution in [2.75, 3.05) is 13.1 Å². The van der Waals surface area contributed by atoms with E-state index in [2.05, 4.69) is 10.2 Å². The predicted octanol–water partition coefficient (Wildman–Crippen LogP) is 3.80. The summed E-state index contributed by atoms with van der Waals surface area (Å²) in [6.07, 6.45) is 3.04. The second kappa shape index (κ2) is 8.45. The molecule has 0 saturated carbocycles. The molecular weight excluding hydrogens is 339 g/mol. The van der Waals surface area contributed by atoms with E-state index in [0.29, 0.717) is 19.1 Å². The van der Waals surface area contributed by atoms with E-state index in [4.69, 9.17) is 11.6 Å². The number of rotatable bonds is 6. The van der Waals surface area contributed by atoms with Crippen molar-refractivity contribution in [3.8, 4) is 0 Å². The van der Waals surface area contributed by atoms with Crippen LogP contribution in [-0.4, -0.2) is 29.9 Å². The van der Waals surface area contributed by atoms with Crippen LogP contribution in [0.4, 0.5) is 4.39 Å². The summed E-state index contributed by atoms with van der Waals surface area (Å²) >= 11 is 6.26. The summed E-state index contributed by atoms with van der Waals surface area (Å²) in [5.74, 6) is -0.273. The Balaban J connectivity index is 1.51. The molecule has 132 valence electrons. The van der Waals surface area contributed by atoms with Crippen LogP contribution in [0.1, 0.15) is 24.0 Å². The number of nitrogens with one attached hydrogen (secondary N) is 1. The van der Waals surface area contributed by atoms with Crippen molar-refractivity contribution in [2.24, 2.45) is 0 Å². The van der Waals surface area contributed by atoms with Gasteiger partial charge in [0.2, 0.25) is 5.91 Å². The maximum absolute atomic E-state index is 12.9. The molecule has 1 fully saturated rings. The summed E-state index contributed by atoms with van der Waals surface area (Å²) in [5.41, 5.74) is 2.02. The number of carbonyl (C=O) groups is 1. The molecular formula is C20H22ClFN2O. The van der Waals surface area contributed by atoms with E-state index in [9.17, 15) is 9.18 Å². The Bertz CT molecular complexity index is 720. The lowest BCUT2D eigenvalue weighted by Crippen LogP contribution is -2.40. The number of hydrogen-bond acceptors (Lipinski definition) is 2. The second-order valence-corrected chi connectivity index (χ2v) is 6.87. The van der Waals surface area contributed by atoms with Crippen LogP contribution in [0, 0.1) is 5.82 Å². The molecule has 2 aromatic carbocycles. The predicted molar refractivity (Wildman–Crippen MR) is 98.0 cm³/mol. The van der Waals surface area contributed by atoms with Gasteiger partial charge in [-0.15, -0.1) is 0 Å². The first-order valence-corrected chi connectivity index (χ1v) is 8.98. The molecule has 25 heavy (non-hydrogen) atoms. The van der Waals surface area contributed by atoms with Gasteiger partial charge in [-0.05, 0) is 55.1 Å². The quantitative estimate of drug-likeness (QED) is 0.849. The Morgan fingerprint density at radius 1 is 1.20 bits per heavy atom. The highest BCUT2D eigenvalue weighted by Gasteiger charge is 2.26. The zero-order chi connectivity index (χ0) is 17.6. The molecule has 1 aliphatic rings. The van der Waals surface area contributed by atoms with Crippen LogP contribution in [0.2, 0.25) is 5.02 Å². The van der Waals surface area contributed by atoms with Crippen LogP contribution in [0.25, 0.3) is 0 Å². The lowest BCUT2D eigenvalue weighted by atomic mass is 10.0. The van der Waals surface area contributed by atoms with Crippen LogP contribution in [0.15, 0.2) is 48.5 Å². The van der Waals surface area contributed by atoms with Gasteiger partial charge in [-0.1, -0.05) is 41.9 Å². The average Bonchev–Trinajstić information content (AvgIpc) is 3.03. The number of hydrogen-bond donors (Lipinski definition) is 1. The normalized spacial score (nSPS) is 17.6. The van der Waals surface area contributed by atoms with Gasteiger partial charge >= 0.3 is 0 Å². The molecule has 1 N–H and O–H groups in total. The smallest absolute Gasteiger partial charge is 0.234 e. The zero-order valence-electron chi connectivity index (χ0n) is 14.1. The minimum Gasteiger partial charge on any atom is -0.351 e. The van der Waals surface area contributed by atoms with Crippen LogP contribution >= 0.6 is 11.6 Å². The third-order valence-electron chi connectivity index (χ3n) is 4.66. The van der Waals surface area contributed by atoms with Crippen molar-refractivity contribution >= 4 is 17.5 Å². The fraction of sp³-hybridized carbons (Fsp3) is 0.350. The highest BCUT2D eigenvalue weighted by Crippen LogP contribution is 2.24. The first kappa shape index (κ1) is 17.9. The van der Waals surface area contributed by atoms with Crippen LogP contribution in [-0.2, 0) is 17.8 Å². The van der Waals surface area contributed by atoms with E-state index in [1.165, 1.54) is 12.1 Å². The molecule has 0 aromatic heterocycles. The molecule has 3 nitrogen and oxygen atoms in total. The molecule has 0 radical (unpaired) electrons. The van der Waals surface area contributed by atoms with Crippen LogP contribution in [0.5, 0.6) is 0 Å². The van der Waals surface area contributed by atoms with E-state index in [1.807, 2.05) is 24.3 Å². The zero-order valence-corrected chi connectivity index (χ0v) is 14.8. The number of halogens is 2. The lowest BCUT2D eigenvalue weighted by molar-refractivity contribution is -0.122. The molecule has 1 amide bonds. The Kier molecular flexibility index (Phi) is 6.05. The molecule has 0 spiro atoms. The van der Waals surface area contributed by atoms with E-state index in [1.54, 1.807) is 12.1 Å². The van der Waals surface area contributed by atoms with Gasteiger partial charge in [-0.3, -0.25) is 9.69 Å². The Labute approximate surface area is 152 Å². The number of nitrogens with zero attached hydrogens (tertiary/aromatic N) is 1. The second-order valence-electron chi connectivity index (χ2n) is 6.47. The fourth-order valence-electron chi connectivity index (χ4n) is 3.30. The largest absolute Gasteiger partial charge is 0.351 e. The van der Waals surface area contributed by atoms with Gasteiger partial charge < -0.3 is 5.32 Å². The molecule has 0 bridgehead atoms. The standard InChI is InChI=1S/C20H22ClFN2O/c21-19-6-2-1-4-16(19)12-18-5-3-11-24(18)14-20(25)23-13-15-7-9-17(22)10-8-15/h1-2,4,6-10,18H,3,5,11-14H2,(H,23,25). The summed E-state index contributed by atoms with van der Waals surface area (Å²) in [5, 5.41) is 3.70. The van der Waals surface area contributed by atoms with Gasteiger partial charge in [0.15, 0.2) is 0 Å². The van der Waals surface area contributed by atoms with Crippen molar-refractivity contribution in [1.82, 2.24) is 10.2 Å². The number of likely N-dealkylation sites (tertiary alicyclic amines) is 1. The Hall–Kier alpha value is -1.91. The summed E-state index contributed by atoms with van der Waals surface area (Å²) in [6, 6.07) is 14.4. The molecule has 1 saturated heterocycles.